The Kier molecular flexibility index (Phi) is 6.68. The summed E-state index contributed by atoms with van der Waals surface area (Å²) in [6, 6.07) is 8.39. The minimum Gasteiger partial charge on any atom is -0.492 e. The molecule has 0 saturated carbocycles. The van der Waals surface area contributed by atoms with Gasteiger partial charge in [0, 0.05) is 6.04 Å². The predicted molar refractivity (Wildman–Crippen MR) is 85.7 cm³/mol. The number of piperidine rings is 1. The smallest absolute Gasteiger partial charge is 0.137 e. The van der Waals surface area contributed by atoms with Crippen molar-refractivity contribution in [1.82, 2.24) is 4.90 Å². The van der Waals surface area contributed by atoms with Crippen molar-refractivity contribution in [2.75, 3.05) is 19.7 Å². The van der Waals surface area contributed by atoms with Crippen LogP contribution in [0.1, 0.15) is 45.4 Å². The highest BCUT2D eigenvalue weighted by Crippen LogP contribution is 2.24. The third-order valence-electron chi connectivity index (χ3n) is 4.07. The number of ether oxygens (including phenoxy) is 1. The fourth-order valence-corrected chi connectivity index (χ4v) is 3.18. The molecule has 1 aliphatic rings. The van der Waals surface area contributed by atoms with E-state index in [-0.39, 0.29) is 0 Å². The van der Waals surface area contributed by atoms with E-state index in [1.165, 1.54) is 45.2 Å². The highest BCUT2D eigenvalue weighted by molar-refractivity contribution is 6.32. The number of nitrogens with zero attached hydrogens (tertiary/aromatic N) is 1. The quantitative estimate of drug-likeness (QED) is 0.719. The third-order valence-corrected chi connectivity index (χ3v) is 4.39. The second-order valence-electron chi connectivity index (χ2n) is 5.61. The summed E-state index contributed by atoms with van der Waals surface area (Å²) in [5, 5.41) is 0.706. The zero-order valence-corrected chi connectivity index (χ0v) is 13.2. The van der Waals surface area contributed by atoms with Gasteiger partial charge in [-0.2, -0.15) is 0 Å². The van der Waals surface area contributed by atoms with Gasteiger partial charge in [-0.15, -0.1) is 0 Å². The average molecular weight is 296 g/mol. The van der Waals surface area contributed by atoms with Crippen LogP contribution >= 0.6 is 11.6 Å². The number of likely N-dealkylation sites (tertiary alicyclic amines) is 1. The van der Waals surface area contributed by atoms with Gasteiger partial charge in [0.15, 0.2) is 0 Å². The maximum absolute atomic E-state index is 6.11. The van der Waals surface area contributed by atoms with Crippen LogP contribution in [0.2, 0.25) is 5.02 Å². The molecule has 112 valence electrons. The Morgan fingerprint density at radius 1 is 1.15 bits per heavy atom. The lowest BCUT2D eigenvalue weighted by atomic mass is 10.0. The maximum atomic E-state index is 6.11. The zero-order valence-electron chi connectivity index (χ0n) is 12.5. The molecular formula is C17H26ClNO. The SMILES string of the molecule is CCCC(CCOc1ccccc1Cl)N1CCCCC1. The number of benzene rings is 1. The summed E-state index contributed by atoms with van der Waals surface area (Å²) in [5.41, 5.74) is 0. The van der Waals surface area contributed by atoms with E-state index in [2.05, 4.69) is 11.8 Å². The van der Waals surface area contributed by atoms with Gasteiger partial charge in [0.05, 0.1) is 11.6 Å². The fourth-order valence-electron chi connectivity index (χ4n) is 2.99. The Hall–Kier alpha value is -0.730. The number of hydrogen-bond acceptors (Lipinski definition) is 2. The molecule has 0 amide bonds. The maximum Gasteiger partial charge on any atom is 0.137 e. The Labute approximate surface area is 128 Å². The minimum absolute atomic E-state index is 0.669. The van der Waals surface area contributed by atoms with Gasteiger partial charge in [-0.1, -0.05) is 43.5 Å². The molecule has 3 heteroatoms. The standard InChI is InChI=1S/C17H26ClNO/c1-2-8-15(19-12-6-3-7-13-19)11-14-20-17-10-5-4-9-16(17)18/h4-5,9-10,15H,2-3,6-8,11-14H2,1H3. The molecule has 0 N–H and O–H groups in total. The molecule has 0 radical (unpaired) electrons. The van der Waals surface area contributed by atoms with Crippen LogP contribution in [0.4, 0.5) is 0 Å². The van der Waals surface area contributed by atoms with Crippen LogP contribution in [0.5, 0.6) is 5.75 Å². The average Bonchev–Trinajstić information content (AvgIpc) is 2.49. The van der Waals surface area contributed by atoms with Crippen molar-refractivity contribution in [3.8, 4) is 5.75 Å². The van der Waals surface area contributed by atoms with Crippen molar-refractivity contribution in [2.45, 2.75) is 51.5 Å². The zero-order chi connectivity index (χ0) is 14.2. The van der Waals surface area contributed by atoms with E-state index in [1.807, 2.05) is 24.3 Å². The summed E-state index contributed by atoms with van der Waals surface area (Å²) in [7, 11) is 0. The molecule has 1 fully saturated rings. The van der Waals surface area contributed by atoms with Crippen LogP contribution in [-0.4, -0.2) is 30.6 Å². The van der Waals surface area contributed by atoms with Crippen molar-refractivity contribution in [2.24, 2.45) is 0 Å². The van der Waals surface area contributed by atoms with Gasteiger partial charge in [-0.3, -0.25) is 0 Å². The summed E-state index contributed by atoms with van der Waals surface area (Å²) in [5.74, 6) is 0.808. The van der Waals surface area contributed by atoms with Crippen molar-refractivity contribution < 1.29 is 4.74 Å². The molecule has 20 heavy (non-hydrogen) atoms. The van der Waals surface area contributed by atoms with E-state index >= 15 is 0 Å². The largest absolute Gasteiger partial charge is 0.492 e. The lowest BCUT2D eigenvalue weighted by Gasteiger charge is -2.34. The van der Waals surface area contributed by atoms with Crippen LogP contribution < -0.4 is 4.74 Å². The normalized spacial score (nSPS) is 17.9. The molecule has 2 rings (SSSR count). The molecule has 0 bridgehead atoms. The Morgan fingerprint density at radius 3 is 2.60 bits per heavy atom. The first-order chi connectivity index (χ1) is 9.81. The number of halogens is 1. The van der Waals surface area contributed by atoms with Crippen LogP contribution in [0.25, 0.3) is 0 Å². The summed E-state index contributed by atoms with van der Waals surface area (Å²) < 4.78 is 5.85. The van der Waals surface area contributed by atoms with E-state index in [0.717, 1.165) is 18.8 Å². The number of hydrogen-bond donors (Lipinski definition) is 0. The molecule has 1 atom stereocenters. The van der Waals surface area contributed by atoms with Crippen molar-refractivity contribution in [3.63, 3.8) is 0 Å². The molecule has 0 spiro atoms. The molecule has 0 aliphatic carbocycles. The summed E-state index contributed by atoms with van der Waals surface area (Å²) >= 11 is 6.11. The first kappa shape index (κ1) is 15.7. The monoisotopic (exact) mass is 295 g/mol. The summed E-state index contributed by atoms with van der Waals surface area (Å²) in [6.07, 6.45) is 7.71. The predicted octanol–water partition coefficient (Wildman–Crippen LogP) is 4.76. The molecule has 2 nitrogen and oxygen atoms in total. The Bertz CT molecular complexity index is 390. The summed E-state index contributed by atoms with van der Waals surface area (Å²) in [6.45, 7) is 5.55. The molecule has 1 aromatic carbocycles. The van der Waals surface area contributed by atoms with Crippen LogP contribution in [0.3, 0.4) is 0 Å². The fraction of sp³-hybridized carbons (Fsp3) is 0.647. The van der Waals surface area contributed by atoms with E-state index in [0.29, 0.717) is 11.1 Å². The molecule has 1 aliphatic heterocycles. The van der Waals surface area contributed by atoms with E-state index in [1.54, 1.807) is 0 Å². The Balaban J connectivity index is 1.81. The van der Waals surface area contributed by atoms with Crippen LogP contribution in [0.15, 0.2) is 24.3 Å². The highest BCUT2D eigenvalue weighted by atomic mass is 35.5. The first-order valence-corrected chi connectivity index (χ1v) is 8.30. The lowest BCUT2D eigenvalue weighted by molar-refractivity contribution is 0.130. The molecule has 1 unspecified atom stereocenters. The van der Waals surface area contributed by atoms with Crippen molar-refractivity contribution >= 4 is 11.6 Å². The lowest BCUT2D eigenvalue weighted by Crippen LogP contribution is -2.40. The van der Waals surface area contributed by atoms with E-state index < -0.39 is 0 Å². The van der Waals surface area contributed by atoms with E-state index in [9.17, 15) is 0 Å². The van der Waals surface area contributed by atoms with Crippen LogP contribution in [0, 0.1) is 0 Å². The highest BCUT2D eigenvalue weighted by Gasteiger charge is 2.19. The topological polar surface area (TPSA) is 12.5 Å². The van der Waals surface area contributed by atoms with Gasteiger partial charge in [0.1, 0.15) is 5.75 Å². The second kappa shape index (κ2) is 8.53. The molecule has 1 aromatic rings. The molecule has 1 saturated heterocycles. The summed E-state index contributed by atoms with van der Waals surface area (Å²) in [4.78, 5) is 2.66. The van der Waals surface area contributed by atoms with E-state index in [4.69, 9.17) is 16.3 Å². The molecule has 1 heterocycles. The van der Waals surface area contributed by atoms with Gasteiger partial charge in [0.25, 0.3) is 0 Å². The van der Waals surface area contributed by atoms with Gasteiger partial charge < -0.3 is 9.64 Å². The van der Waals surface area contributed by atoms with Gasteiger partial charge in [0.2, 0.25) is 0 Å². The number of rotatable bonds is 7. The third kappa shape index (κ3) is 4.68. The van der Waals surface area contributed by atoms with Crippen LogP contribution in [-0.2, 0) is 0 Å². The van der Waals surface area contributed by atoms with Gasteiger partial charge in [-0.05, 0) is 50.9 Å². The van der Waals surface area contributed by atoms with Crippen molar-refractivity contribution in [3.05, 3.63) is 29.3 Å². The molecular weight excluding hydrogens is 270 g/mol. The van der Waals surface area contributed by atoms with Crippen molar-refractivity contribution in [1.29, 1.82) is 0 Å². The number of para-hydroxylation sites is 1. The Morgan fingerprint density at radius 2 is 1.90 bits per heavy atom. The molecule has 0 aromatic heterocycles. The van der Waals surface area contributed by atoms with Gasteiger partial charge in [-0.25, -0.2) is 0 Å². The first-order valence-electron chi connectivity index (χ1n) is 7.92. The second-order valence-corrected chi connectivity index (χ2v) is 6.01. The minimum atomic E-state index is 0.669. The van der Waals surface area contributed by atoms with Gasteiger partial charge >= 0.3 is 0 Å².